The molecule has 6 nitrogen and oxygen atoms in total. The number of nitrogens with zero attached hydrogens (tertiary/aromatic N) is 1. The number of carbonyl (C=O) groups excluding carboxylic acids is 2. The number of aromatic nitrogens is 1. The normalized spacial score (nSPS) is 17.0. The van der Waals surface area contributed by atoms with Crippen LogP contribution in [0.2, 0.25) is 0 Å². The molecule has 0 saturated heterocycles. The topological polar surface area (TPSA) is 81.4 Å². The fourth-order valence-corrected chi connectivity index (χ4v) is 2.60. The van der Waals surface area contributed by atoms with Crippen molar-refractivity contribution >= 4 is 17.8 Å². The number of aryl methyl sites for hydroxylation is 1. The van der Waals surface area contributed by atoms with Crippen LogP contribution in [-0.2, 0) is 9.53 Å². The van der Waals surface area contributed by atoms with Gasteiger partial charge < -0.3 is 9.26 Å². The number of methoxy groups -OCH3 is 1. The average Bonchev–Trinajstić information content (AvgIpc) is 2.87. The highest BCUT2D eigenvalue weighted by Gasteiger charge is 2.31. The molecule has 1 atom stereocenters. The van der Waals surface area contributed by atoms with Crippen LogP contribution in [0.25, 0.3) is 0 Å². The third-order valence-corrected chi connectivity index (χ3v) is 3.63. The first-order valence-electron chi connectivity index (χ1n) is 6.54. The van der Waals surface area contributed by atoms with Gasteiger partial charge in [0.2, 0.25) is 11.8 Å². The first-order chi connectivity index (χ1) is 10.1. The lowest BCUT2D eigenvalue weighted by Crippen LogP contribution is -2.23. The molecule has 0 bridgehead atoms. The van der Waals surface area contributed by atoms with Crippen LogP contribution < -0.4 is 5.32 Å². The van der Waals surface area contributed by atoms with Crippen molar-refractivity contribution in [3.05, 3.63) is 46.6 Å². The van der Waals surface area contributed by atoms with Crippen molar-refractivity contribution in [1.29, 1.82) is 0 Å². The fraction of sp³-hybridized carbons (Fsp3) is 0.267. The molecule has 2 heterocycles. The van der Waals surface area contributed by atoms with Gasteiger partial charge in [0.15, 0.2) is 0 Å². The predicted octanol–water partition coefficient (Wildman–Crippen LogP) is 2.24. The van der Waals surface area contributed by atoms with Crippen molar-refractivity contribution in [2.24, 2.45) is 0 Å². The van der Waals surface area contributed by atoms with Crippen molar-refractivity contribution < 1.29 is 18.8 Å². The van der Waals surface area contributed by atoms with Crippen LogP contribution in [-0.4, -0.2) is 24.1 Å². The molecule has 1 aromatic heterocycles. The summed E-state index contributed by atoms with van der Waals surface area (Å²) in [6.45, 7) is 1.84. The summed E-state index contributed by atoms with van der Waals surface area (Å²) in [5, 5.41) is 6.58. The molecule has 0 saturated carbocycles. The Hall–Kier alpha value is -2.63. The first kappa shape index (κ1) is 13.4. The molecular weight excluding hydrogens is 272 g/mol. The number of esters is 1. The molecule has 6 heteroatoms. The highest BCUT2D eigenvalue weighted by atomic mass is 16.5. The number of nitrogens with one attached hydrogen (secondary N) is 1. The van der Waals surface area contributed by atoms with Gasteiger partial charge in [-0.15, -0.1) is 0 Å². The molecular formula is C15H14N2O4. The standard InChI is InChI=1S/C15H14N2O4/c1-8-13-11(7-12(18)16-14(13)21-17-8)9-3-5-10(6-4-9)15(19)20-2/h3-6,11H,7H2,1-2H3,(H,16,18). The van der Waals surface area contributed by atoms with Gasteiger partial charge in [-0.05, 0) is 24.6 Å². The lowest BCUT2D eigenvalue weighted by Gasteiger charge is -2.21. The molecule has 21 heavy (non-hydrogen) atoms. The van der Waals surface area contributed by atoms with E-state index in [0.717, 1.165) is 16.8 Å². The number of anilines is 1. The number of benzene rings is 1. The zero-order chi connectivity index (χ0) is 15.0. The van der Waals surface area contributed by atoms with E-state index in [1.54, 1.807) is 12.1 Å². The minimum absolute atomic E-state index is 0.110. The molecule has 108 valence electrons. The summed E-state index contributed by atoms with van der Waals surface area (Å²) in [5.41, 5.74) is 3.06. The summed E-state index contributed by atoms with van der Waals surface area (Å²) in [4.78, 5) is 23.2. The fourth-order valence-electron chi connectivity index (χ4n) is 2.60. The maximum Gasteiger partial charge on any atom is 0.337 e. The number of rotatable bonds is 2. The van der Waals surface area contributed by atoms with Gasteiger partial charge in [-0.2, -0.15) is 0 Å². The molecule has 3 rings (SSSR count). The molecule has 0 radical (unpaired) electrons. The van der Waals surface area contributed by atoms with Crippen LogP contribution in [0.1, 0.15) is 39.5 Å². The van der Waals surface area contributed by atoms with E-state index >= 15 is 0 Å². The molecule has 1 amide bonds. The maximum atomic E-state index is 11.8. The largest absolute Gasteiger partial charge is 0.465 e. The minimum Gasteiger partial charge on any atom is -0.465 e. The van der Waals surface area contributed by atoms with Gasteiger partial charge in [0.25, 0.3) is 0 Å². The van der Waals surface area contributed by atoms with Gasteiger partial charge in [0.05, 0.1) is 18.4 Å². The summed E-state index contributed by atoms with van der Waals surface area (Å²) in [5.74, 6) is -0.206. The van der Waals surface area contributed by atoms with Crippen LogP contribution >= 0.6 is 0 Å². The molecule has 1 aliphatic rings. The summed E-state index contributed by atoms with van der Waals surface area (Å²) >= 11 is 0. The number of fused-ring (bicyclic) bond motifs is 1. The van der Waals surface area contributed by atoms with Crippen LogP contribution in [0.4, 0.5) is 5.88 Å². The number of carbonyl (C=O) groups is 2. The Bertz CT molecular complexity index is 703. The van der Waals surface area contributed by atoms with E-state index in [4.69, 9.17) is 4.52 Å². The van der Waals surface area contributed by atoms with E-state index in [9.17, 15) is 9.59 Å². The summed E-state index contributed by atoms with van der Waals surface area (Å²) < 4.78 is 9.81. The highest BCUT2D eigenvalue weighted by molar-refractivity contribution is 5.94. The second-order valence-electron chi connectivity index (χ2n) is 4.93. The lowest BCUT2D eigenvalue weighted by molar-refractivity contribution is -0.116. The Balaban J connectivity index is 1.98. The second-order valence-corrected chi connectivity index (χ2v) is 4.93. The van der Waals surface area contributed by atoms with Crippen molar-refractivity contribution in [3.63, 3.8) is 0 Å². The van der Waals surface area contributed by atoms with E-state index < -0.39 is 0 Å². The van der Waals surface area contributed by atoms with Gasteiger partial charge in [-0.3, -0.25) is 10.1 Å². The Labute approximate surface area is 121 Å². The van der Waals surface area contributed by atoms with Crippen LogP contribution in [0.15, 0.2) is 28.8 Å². The Morgan fingerprint density at radius 1 is 1.38 bits per heavy atom. The Morgan fingerprint density at radius 2 is 2.10 bits per heavy atom. The van der Waals surface area contributed by atoms with Gasteiger partial charge in [0, 0.05) is 17.9 Å². The third kappa shape index (κ3) is 2.29. The molecule has 0 spiro atoms. The van der Waals surface area contributed by atoms with Crippen molar-refractivity contribution in [2.75, 3.05) is 12.4 Å². The summed E-state index contributed by atoms with van der Waals surface area (Å²) in [6.07, 6.45) is 0.326. The SMILES string of the molecule is COC(=O)c1ccc(C2CC(=O)Nc3onc(C)c32)cc1. The van der Waals surface area contributed by atoms with E-state index in [0.29, 0.717) is 17.9 Å². The summed E-state index contributed by atoms with van der Waals surface area (Å²) in [6, 6.07) is 7.03. The van der Waals surface area contributed by atoms with E-state index in [1.165, 1.54) is 7.11 Å². The van der Waals surface area contributed by atoms with E-state index in [-0.39, 0.29) is 17.8 Å². The Morgan fingerprint density at radius 3 is 2.76 bits per heavy atom. The molecule has 0 fully saturated rings. The van der Waals surface area contributed by atoms with Gasteiger partial charge in [-0.1, -0.05) is 17.3 Å². The van der Waals surface area contributed by atoms with Crippen LogP contribution in [0.3, 0.4) is 0 Å². The first-order valence-corrected chi connectivity index (χ1v) is 6.54. The van der Waals surface area contributed by atoms with Gasteiger partial charge in [0.1, 0.15) is 0 Å². The maximum absolute atomic E-state index is 11.8. The molecule has 1 aliphatic heterocycles. The van der Waals surface area contributed by atoms with Gasteiger partial charge >= 0.3 is 5.97 Å². The molecule has 1 unspecified atom stereocenters. The van der Waals surface area contributed by atoms with E-state index in [1.807, 2.05) is 19.1 Å². The number of hydrogen-bond donors (Lipinski definition) is 1. The summed E-state index contributed by atoms with van der Waals surface area (Å²) in [7, 11) is 1.34. The smallest absolute Gasteiger partial charge is 0.337 e. The lowest BCUT2D eigenvalue weighted by atomic mass is 9.86. The third-order valence-electron chi connectivity index (χ3n) is 3.63. The number of amides is 1. The predicted molar refractivity (Wildman–Crippen MR) is 74.1 cm³/mol. The van der Waals surface area contributed by atoms with Gasteiger partial charge in [-0.25, -0.2) is 4.79 Å². The molecule has 1 aromatic carbocycles. The number of ether oxygens (including phenoxy) is 1. The Kier molecular flexibility index (Phi) is 3.21. The van der Waals surface area contributed by atoms with Crippen LogP contribution in [0, 0.1) is 6.92 Å². The quantitative estimate of drug-likeness (QED) is 0.856. The zero-order valence-electron chi connectivity index (χ0n) is 11.7. The van der Waals surface area contributed by atoms with Crippen molar-refractivity contribution in [2.45, 2.75) is 19.3 Å². The van der Waals surface area contributed by atoms with Crippen LogP contribution in [0.5, 0.6) is 0 Å². The average molecular weight is 286 g/mol. The second kappa shape index (κ2) is 5.05. The molecule has 0 aliphatic carbocycles. The van der Waals surface area contributed by atoms with Crippen molar-refractivity contribution in [3.8, 4) is 0 Å². The molecule has 1 N–H and O–H groups in total. The monoisotopic (exact) mass is 286 g/mol. The molecule has 2 aromatic rings. The van der Waals surface area contributed by atoms with Crippen molar-refractivity contribution in [1.82, 2.24) is 5.16 Å². The number of hydrogen-bond acceptors (Lipinski definition) is 5. The highest BCUT2D eigenvalue weighted by Crippen LogP contribution is 2.38. The minimum atomic E-state index is -0.384. The zero-order valence-corrected chi connectivity index (χ0v) is 11.7. The van der Waals surface area contributed by atoms with E-state index in [2.05, 4.69) is 15.2 Å².